The van der Waals surface area contributed by atoms with Crippen molar-refractivity contribution in [1.29, 1.82) is 5.26 Å². The first kappa shape index (κ1) is 29.3. The Bertz CT molecular complexity index is 1750. The summed E-state index contributed by atoms with van der Waals surface area (Å²) >= 11 is 6.15. The number of hydrogen-bond acceptors (Lipinski definition) is 8. The van der Waals surface area contributed by atoms with Crippen LogP contribution in [0, 0.1) is 17.1 Å². The van der Waals surface area contributed by atoms with Gasteiger partial charge >= 0.3 is 5.97 Å². The van der Waals surface area contributed by atoms with Crippen LogP contribution in [0.25, 0.3) is 0 Å². The Morgan fingerprint density at radius 2 is 1.77 bits per heavy atom. The van der Waals surface area contributed by atoms with Crippen LogP contribution in [-0.4, -0.2) is 19.7 Å². The van der Waals surface area contributed by atoms with E-state index >= 15 is 0 Å². The number of nitrogens with two attached hydrogens (primary N) is 1. The molecule has 43 heavy (non-hydrogen) atoms. The highest BCUT2D eigenvalue weighted by Crippen LogP contribution is 2.45. The number of carbonyl (C=O) groups is 1. The van der Waals surface area contributed by atoms with Gasteiger partial charge in [0, 0.05) is 11.6 Å². The lowest BCUT2D eigenvalue weighted by molar-refractivity contribution is 0.0734. The van der Waals surface area contributed by atoms with Gasteiger partial charge in [-0.1, -0.05) is 35.9 Å². The third-order valence-corrected chi connectivity index (χ3v) is 6.99. The Labute approximate surface area is 252 Å². The standard InChI is InChI=1S/C33H26ClFN2O6/c1-3-40-30-15-20(6-13-28(30)41-18-19-4-8-22(35)9-5-19)31-24-11-10-23(16-29(24)43-32(37)25(31)17-36)42-33(38)21-7-12-27(39-2)26(34)14-21/h4-16,31H,3,18,37H2,1-2H3. The zero-order chi connectivity index (χ0) is 30.5. The van der Waals surface area contributed by atoms with Crippen molar-refractivity contribution < 1.29 is 32.9 Å². The molecule has 0 fully saturated rings. The predicted octanol–water partition coefficient (Wildman–Crippen LogP) is 6.90. The number of rotatable bonds is 9. The number of carbonyl (C=O) groups excluding carboxylic acids is 1. The Kier molecular flexibility index (Phi) is 8.69. The minimum absolute atomic E-state index is 0.0694. The number of ether oxygens (including phenoxy) is 5. The summed E-state index contributed by atoms with van der Waals surface area (Å²) in [6.07, 6.45) is 0. The molecule has 1 heterocycles. The second kappa shape index (κ2) is 12.8. The van der Waals surface area contributed by atoms with Crippen LogP contribution in [0.5, 0.6) is 28.7 Å². The molecule has 0 spiro atoms. The molecule has 4 aromatic carbocycles. The summed E-state index contributed by atoms with van der Waals surface area (Å²) < 4.78 is 41.6. The van der Waals surface area contributed by atoms with Gasteiger partial charge in [-0.2, -0.15) is 5.26 Å². The third kappa shape index (κ3) is 6.35. The topological polar surface area (TPSA) is 113 Å². The molecule has 8 nitrogen and oxygen atoms in total. The Hall–Kier alpha value is -5.20. The fourth-order valence-electron chi connectivity index (χ4n) is 4.63. The van der Waals surface area contributed by atoms with Crippen molar-refractivity contribution in [3.8, 4) is 34.8 Å². The van der Waals surface area contributed by atoms with Crippen LogP contribution in [0.2, 0.25) is 5.02 Å². The number of fused-ring (bicyclic) bond motifs is 1. The Morgan fingerprint density at radius 1 is 1.00 bits per heavy atom. The van der Waals surface area contributed by atoms with Crippen LogP contribution < -0.4 is 29.4 Å². The molecule has 0 bridgehead atoms. The molecule has 0 aromatic heterocycles. The molecule has 0 amide bonds. The minimum Gasteiger partial charge on any atom is -0.495 e. The zero-order valence-electron chi connectivity index (χ0n) is 23.2. The molecule has 2 N–H and O–H groups in total. The van der Waals surface area contributed by atoms with Crippen molar-refractivity contribution in [2.24, 2.45) is 5.73 Å². The average Bonchev–Trinajstić information content (AvgIpc) is 3.00. The van der Waals surface area contributed by atoms with E-state index in [1.54, 1.807) is 48.5 Å². The van der Waals surface area contributed by atoms with Gasteiger partial charge in [0.15, 0.2) is 11.5 Å². The lowest BCUT2D eigenvalue weighted by atomic mass is 9.83. The molecule has 0 saturated heterocycles. The smallest absolute Gasteiger partial charge is 0.343 e. The molecule has 1 atom stereocenters. The van der Waals surface area contributed by atoms with Crippen molar-refractivity contribution >= 4 is 17.6 Å². The number of benzene rings is 4. The molecule has 1 unspecified atom stereocenters. The van der Waals surface area contributed by atoms with E-state index in [4.69, 9.17) is 41.0 Å². The highest BCUT2D eigenvalue weighted by molar-refractivity contribution is 6.32. The van der Waals surface area contributed by atoms with E-state index in [1.807, 2.05) is 13.0 Å². The SMILES string of the molecule is CCOc1cc(C2C(C#N)=C(N)Oc3cc(OC(=O)c4ccc(OC)c(Cl)c4)ccc32)ccc1OCc1ccc(F)cc1. The van der Waals surface area contributed by atoms with Crippen LogP contribution in [0.4, 0.5) is 4.39 Å². The molecule has 0 aliphatic carbocycles. The maximum absolute atomic E-state index is 13.3. The monoisotopic (exact) mass is 600 g/mol. The van der Waals surface area contributed by atoms with Crippen molar-refractivity contribution in [1.82, 2.24) is 0 Å². The van der Waals surface area contributed by atoms with E-state index in [0.29, 0.717) is 40.7 Å². The predicted molar refractivity (Wildman–Crippen MR) is 157 cm³/mol. The quantitative estimate of drug-likeness (QED) is 0.163. The normalized spacial score (nSPS) is 13.8. The molecule has 4 aromatic rings. The summed E-state index contributed by atoms with van der Waals surface area (Å²) in [4.78, 5) is 12.8. The zero-order valence-corrected chi connectivity index (χ0v) is 24.0. The van der Waals surface area contributed by atoms with Gasteiger partial charge in [-0.05, 0) is 66.6 Å². The van der Waals surface area contributed by atoms with Crippen LogP contribution >= 0.6 is 11.6 Å². The summed E-state index contributed by atoms with van der Waals surface area (Å²) in [5.41, 5.74) is 8.77. The van der Waals surface area contributed by atoms with Gasteiger partial charge in [-0.3, -0.25) is 0 Å². The van der Waals surface area contributed by atoms with Crippen molar-refractivity contribution in [3.63, 3.8) is 0 Å². The third-order valence-electron chi connectivity index (χ3n) is 6.70. The van der Waals surface area contributed by atoms with Crippen molar-refractivity contribution in [2.75, 3.05) is 13.7 Å². The summed E-state index contributed by atoms with van der Waals surface area (Å²) in [6, 6.07) is 23.0. The fraction of sp³-hybridized carbons (Fsp3) is 0.152. The Balaban J connectivity index is 1.43. The molecule has 10 heteroatoms. The molecular formula is C33H26ClFN2O6. The lowest BCUT2D eigenvalue weighted by Gasteiger charge is -2.27. The van der Waals surface area contributed by atoms with E-state index in [1.165, 1.54) is 31.4 Å². The molecule has 1 aliphatic rings. The van der Waals surface area contributed by atoms with Gasteiger partial charge in [0.05, 0.1) is 30.2 Å². The van der Waals surface area contributed by atoms with E-state index in [0.717, 1.165) is 5.56 Å². The van der Waals surface area contributed by atoms with Gasteiger partial charge in [0.25, 0.3) is 0 Å². The van der Waals surface area contributed by atoms with E-state index in [9.17, 15) is 14.4 Å². The molecule has 218 valence electrons. The van der Waals surface area contributed by atoms with Gasteiger partial charge < -0.3 is 29.4 Å². The summed E-state index contributed by atoms with van der Waals surface area (Å²) in [7, 11) is 1.48. The van der Waals surface area contributed by atoms with E-state index in [2.05, 4.69) is 6.07 Å². The number of esters is 1. The number of halogens is 2. The summed E-state index contributed by atoms with van der Waals surface area (Å²) in [6.45, 7) is 2.43. The van der Waals surface area contributed by atoms with Crippen molar-refractivity contribution in [2.45, 2.75) is 19.4 Å². The fourth-order valence-corrected chi connectivity index (χ4v) is 4.89. The number of methoxy groups -OCH3 is 1. The van der Waals surface area contributed by atoms with Crippen LogP contribution in [0.15, 0.2) is 90.3 Å². The number of allylic oxidation sites excluding steroid dienone is 1. The van der Waals surface area contributed by atoms with E-state index in [-0.39, 0.29) is 40.2 Å². The minimum atomic E-state index is -0.629. The van der Waals surface area contributed by atoms with Crippen LogP contribution in [0.3, 0.4) is 0 Å². The summed E-state index contributed by atoms with van der Waals surface area (Å²) in [5.74, 6) is 0.305. The first-order valence-corrected chi connectivity index (χ1v) is 13.6. The maximum atomic E-state index is 13.3. The molecule has 1 aliphatic heterocycles. The maximum Gasteiger partial charge on any atom is 0.343 e. The second-order valence-electron chi connectivity index (χ2n) is 9.42. The lowest BCUT2D eigenvalue weighted by Crippen LogP contribution is -2.21. The highest BCUT2D eigenvalue weighted by Gasteiger charge is 2.32. The van der Waals surface area contributed by atoms with Gasteiger partial charge in [0.2, 0.25) is 5.88 Å². The molecule has 5 rings (SSSR count). The van der Waals surface area contributed by atoms with Crippen molar-refractivity contribution in [3.05, 3.63) is 123 Å². The van der Waals surface area contributed by atoms with Gasteiger partial charge in [-0.15, -0.1) is 0 Å². The van der Waals surface area contributed by atoms with Gasteiger partial charge in [0.1, 0.15) is 41.3 Å². The second-order valence-corrected chi connectivity index (χ2v) is 9.82. The number of nitrogens with zero attached hydrogens (tertiary/aromatic N) is 1. The first-order chi connectivity index (χ1) is 20.8. The number of nitriles is 1. The molecular weight excluding hydrogens is 575 g/mol. The first-order valence-electron chi connectivity index (χ1n) is 13.2. The Morgan fingerprint density at radius 3 is 2.47 bits per heavy atom. The molecule has 0 saturated carbocycles. The number of hydrogen-bond donors (Lipinski definition) is 1. The van der Waals surface area contributed by atoms with Crippen LogP contribution in [0.1, 0.15) is 39.9 Å². The largest absolute Gasteiger partial charge is 0.495 e. The average molecular weight is 601 g/mol. The molecule has 0 radical (unpaired) electrons. The van der Waals surface area contributed by atoms with E-state index < -0.39 is 11.9 Å². The highest BCUT2D eigenvalue weighted by atomic mass is 35.5. The van der Waals surface area contributed by atoms with Crippen LogP contribution in [-0.2, 0) is 6.61 Å². The summed E-state index contributed by atoms with van der Waals surface area (Å²) in [5, 5.41) is 10.3. The van der Waals surface area contributed by atoms with Gasteiger partial charge in [-0.25, -0.2) is 9.18 Å².